The first-order valence-corrected chi connectivity index (χ1v) is 8.88. The van der Waals surface area contributed by atoms with Gasteiger partial charge in [-0.25, -0.2) is 0 Å². The maximum Gasteiger partial charge on any atom is 0.239 e. The van der Waals surface area contributed by atoms with Gasteiger partial charge in [0, 0.05) is 23.8 Å². The molecule has 2 aromatic rings. The zero-order chi connectivity index (χ0) is 17.8. The predicted molar refractivity (Wildman–Crippen MR) is 99.6 cm³/mol. The number of nitrogens with zero attached hydrogens (tertiary/aromatic N) is 1. The number of benzene rings is 2. The van der Waals surface area contributed by atoms with Crippen LogP contribution in [0, 0.1) is 5.92 Å². The molecule has 0 spiro atoms. The SMILES string of the molecule is CCc1ccc(CNC(=O)[C@@H]2CCN(c3ccc(Cl)cc3)C2=O)cc1. The normalized spacial score (nSPS) is 17.0. The zero-order valence-corrected chi connectivity index (χ0v) is 14.9. The Kier molecular flexibility index (Phi) is 5.39. The number of aryl methyl sites for hydroxylation is 1. The number of rotatable bonds is 5. The lowest BCUT2D eigenvalue weighted by molar-refractivity contribution is -0.132. The van der Waals surface area contributed by atoms with E-state index in [4.69, 9.17) is 11.6 Å². The van der Waals surface area contributed by atoms with Crippen LogP contribution < -0.4 is 10.2 Å². The minimum Gasteiger partial charge on any atom is -0.351 e. The van der Waals surface area contributed by atoms with E-state index in [1.807, 2.05) is 12.1 Å². The summed E-state index contributed by atoms with van der Waals surface area (Å²) < 4.78 is 0. The number of hydrogen-bond acceptors (Lipinski definition) is 2. The molecular weight excluding hydrogens is 336 g/mol. The molecule has 1 aliphatic heterocycles. The molecule has 25 heavy (non-hydrogen) atoms. The van der Waals surface area contributed by atoms with Crippen LogP contribution in [0.15, 0.2) is 48.5 Å². The summed E-state index contributed by atoms with van der Waals surface area (Å²) in [5.41, 5.74) is 3.07. The summed E-state index contributed by atoms with van der Waals surface area (Å²) in [5, 5.41) is 3.51. The Balaban J connectivity index is 1.59. The van der Waals surface area contributed by atoms with Gasteiger partial charge in [-0.05, 0) is 48.2 Å². The van der Waals surface area contributed by atoms with Crippen LogP contribution in [0.25, 0.3) is 0 Å². The van der Waals surface area contributed by atoms with Gasteiger partial charge in [0.05, 0.1) is 0 Å². The second kappa shape index (κ2) is 7.70. The van der Waals surface area contributed by atoms with Gasteiger partial charge in [-0.2, -0.15) is 0 Å². The monoisotopic (exact) mass is 356 g/mol. The highest BCUT2D eigenvalue weighted by Crippen LogP contribution is 2.26. The van der Waals surface area contributed by atoms with E-state index in [9.17, 15) is 9.59 Å². The Morgan fingerprint density at radius 1 is 1.12 bits per heavy atom. The van der Waals surface area contributed by atoms with Crippen LogP contribution in [0.5, 0.6) is 0 Å². The molecule has 3 rings (SSSR count). The van der Waals surface area contributed by atoms with E-state index in [0.29, 0.717) is 24.5 Å². The molecule has 0 unspecified atom stereocenters. The van der Waals surface area contributed by atoms with Gasteiger partial charge >= 0.3 is 0 Å². The Morgan fingerprint density at radius 3 is 2.40 bits per heavy atom. The summed E-state index contributed by atoms with van der Waals surface area (Å²) in [7, 11) is 0. The van der Waals surface area contributed by atoms with Crippen LogP contribution in [0.3, 0.4) is 0 Å². The molecule has 4 nitrogen and oxygen atoms in total. The van der Waals surface area contributed by atoms with E-state index in [1.54, 1.807) is 29.2 Å². The highest BCUT2D eigenvalue weighted by atomic mass is 35.5. The Hall–Kier alpha value is -2.33. The van der Waals surface area contributed by atoms with Crippen LogP contribution in [-0.2, 0) is 22.6 Å². The number of carbonyl (C=O) groups is 2. The molecule has 1 heterocycles. The molecule has 1 aliphatic rings. The van der Waals surface area contributed by atoms with Crippen LogP contribution in [0.2, 0.25) is 5.02 Å². The van der Waals surface area contributed by atoms with Gasteiger partial charge in [-0.15, -0.1) is 0 Å². The average molecular weight is 357 g/mol. The zero-order valence-electron chi connectivity index (χ0n) is 14.2. The van der Waals surface area contributed by atoms with E-state index >= 15 is 0 Å². The van der Waals surface area contributed by atoms with E-state index in [0.717, 1.165) is 17.7 Å². The summed E-state index contributed by atoms with van der Waals surface area (Å²) in [5.74, 6) is -0.979. The number of amides is 2. The molecule has 0 aromatic heterocycles. The molecule has 1 saturated heterocycles. The van der Waals surface area contributed by atoms with E-state index in [2.05, 4.69) is 24.4 Å². The van der Waals surface area contributed by atoms with Crippen molar-refractivity contribution in [2.24, 2.45) is 5.92 Å². The Labute approximate surface area is 152 Å². The second-order valence-electron chi connectivity index (χ2n) is 6.20. The second-order valence-corrected chi connectivity index (χ2v) is 6.63. The molecular formula is C20H21ClN2O2. The van der Waals surface area contributed by atoms with Crippen LogP contribution >= 0.6 is 11.6 Å². The Morgan fingerprint density at radius 2 is 1.76 bits per heavy atom. The molecule has 0 bridgehead atoms. The largest absolute Gasteiger partial charge is 0.351 e. The summed E-state index contributed by atoms with van der Waals surface area (Å²) in [4.78, 5) is 26.6. The van der Waals surface area contributed by atoms with Crippen molar-refractivity contribution in [3.63, 3.8) is 0 Å². The summed E-state index contributed by atoms with van der Waals surface area (Å²) in [6.07, 6.45) is 1.52. The van der Waals surface area contributed by atoms with Crippen molar-refractivity contribution in [2.75, 3.05) is 11.4 Å². The first kappa shape index (κ1) is 17.5. The molecule has 1 N–H and O–H groups in total. The highest BCUT2D eigenvalue weighted by molar-refractivity contribution is 6.30. The topological polar surface area (TPSA) is 49.4 Å². The summed E-state index contributed by atoms with van der Waals surface area (Å²) >= 11 is 5.88. The van der Waals surface area contributed by atoms with E-state index in [-0.39, 0.29) is 11.8 Å². The van der Waals surface area contributed by atoms with E-state index in [1.165, 1.54) is 5.56 Å². The fraction of sp³-hybridized carbons (Fsp3) is 0.300. The van der Waals surface area contributed by atoms with Crippen LogP contribution in [0.1, 0.15) is 24.5 Å². The maximum absolute atomic E-state index is 12.6. The maximum atomic E-state index is 12.6. The van der Waals surface area contributed by atoms with Crippen LogP contribution in [-0.4, -0.2) is 18.4 Å². The number of halogens is 1. The van der Waals surface area contributed by atoms with Crippen molar-refractivity contribution in [1.29, 1.82) is 0 Å². The molecule has 2 aromatic carbocycles. The molecule has 0 saturated carbocycles. The molecule has 1 atom stereocenters. The van der Waals surface area contributed by atoms with Crippen molar-refractivity contribution in [3.8, 4) is 0 Å². The summed E-state index contributed by atoms with van der Waals surface area (Å²) in [6, 6.07) is 15.2. The highest BCUT2D eigenvalue weighted by Gasteiger charge is 2.37. The van der Waals surface area contributed by atoms with Crippen molar-refractivity contribution in [3.05, 3.63) is 64.7 Å². The van der Waals surface area contributed by atoms with Crippen molar-refractivity contribution in [2.45, 2.75) is 26.3 Å². The predicted octanol–water partition coefficient (Wildman–Crippen LogP) is 3.57. The van der Waals surface area contributed by atoms with Gasteiger partial charge in [-0.3, -0.25) is 9.59 Å². The molecule has 0 aliphatic carbocycles. The third-order valence-electron chi connectivity index (χ3n) is 4.56. The van der Waals surface area contributed by atoms with Gasteiger partial charge in [0.25, 0.3) is 0 Å². The fourth-order valence-corrected chi connectivity index (χ4v) is 3.13. The molecule has 5 heteroatoms. The lowest BCUT2D eigenvalue weighted by atomic mass is 10.1. The average Bonchev–Trinajstić information content (AvgIpc) is 3.02. The number of nitrogens with one attached hydrogen (secondary N) is 1. The van der Waals surface area contributed by atoms with E-state index < -0.39 is 5.92 Å². The third kappa shape index (κ3) is 4.02. The van der Waals surface area contributed by atoms with Crippen LogP contribution in [0.4, 0.5) is 5.69 Å². The van der Waals surface area contributed by atoms with Crippen molar-refractivity contribution >= 4 is 29.1 Å². The molecule has 2 amide bonds. The number of anilines is 1. The quantitative estimate of drug-likeness (QED) is 0.832. The number of carbonyl (C=O) groups excluding carboxylic acids is 2. The lowest BCUT2D eigenvalue weighted by Crippen LogP contribution is -2.36. The standard InChI is InChI=1S/C20H21ClN2O2/c1-2-14-3-5-15(6-4-14)13-22-19(24)18-11-12-23(20(18)25)17-9-7-16(21)8-10-17/h3-10,18H,2,11-13H2,1H3,(H,22,24)/t18-/m0/s1. The van der Waals surface area contributed by atoms with Crippen molar-refractivity contribution in [1.82, 2.24) is 5.32 Å². The van der Waals surface area contributed by atoms with Crippen molar-refractivity contribution < 1.29 is 9.59 Å². The minimum atomic E-state index is -0.620. The summed E-state index contributed by atoms with van der Waals surface area (Å²) in [6.45, 7) is 3.09. The number of hydrogen-bond donors (Lipinski definition) is 1. The van der Waals surface area contributed by atoms with Gasteiger partial charge in [0.2, 0.25) is 11.8 Å². The minimum absolute atomic E-state index is 0.152. The van der Waals surface area contributed by atoms with Gasteiger partial charge in [0.15, 0.2) is 0 Å². The smallest absolute Gasteiger partial charge is 0.239 e. The third-order valence-corrected chi connectivity index (χ3v) is 4.81. The van der Waals surface area contributed by atoms with Gasteiger partial charge in [-0.1, -0.05) is 42.8 Å². The first-order chi connectivity index (χ1) is 12.1. The molecule has 1 fully saturated rings. The molecule has 0 radical (unpaired) electrons. The fourth-order valence-electron chi connectivity index (χ4n) is 3.01. The Bertz CT molecular complexity index is 756. The lowest BCUT2D eigenvalue weighted by Gasteiger charge is -2.17. The van der Waals surface area contributed by atoms with Gasteiger partial charge in [0.1, 0.15) is 5.92 Å². The first-order valence-electron chi connectivity index (χ1n) is 8.51. The van der Waals surface area contributed by atoms with Gasteiger partial charge < -0.3 is 10.2 Å². The molecule has 130 valence electrons.